The minimum Gasteiger partial charge on any atom is -0.327 e. The number of urea groups is 1. The predicted molar refractivity (Wildman–Crippen MR) is 79.4 cm³/mol. The first-order valence-electron chi connectivity index (χ1n) is 7.22. The fraction of sp³-hybridized carbons (Fsp3) is 0.562. The maximum Gasteiger partial charge on any atom is 0.323 e. The largest absolute Gasteiger partial charge is 0.327 e. The van der Waals surface area contributed by atoms with E-state index in [2.05, 4.69) is 0 Å². The zero-order valence-electron chi connectivity index (χ0n) is 12.0. The summed E-state index contributed by atoms with van der Waals surface area (Å²) in [6.45, 7) is 0.885. The van der Waals surface area contributed by atoms with E-state index in [1.54, 1.807) is 4.90 Å². The average molecular weight is 260 g/mol. The molecule has 19 heavy (non-hydrogen) atoms. The molecule has 0 aromatic heterocycles. The number of hydrogen-bond donors (Lipinski definition) is 0. The number of rotatable bonds is 3. The molecule has 1 aromatic rings. The molecule has 0 saturated heterocycles. The third-order valence-corrected chi connectivity index (χ3v) is 4.01. The number of para-hydroxylation sites is 1. The van der Waals surface area contributed by atoms with E-state index in [0.717, 1.165) is 12.2 Å². The van der Waals surface area contributed by atoms with Crippen molar-refractivity contribution in [2.45, 2.75) is 32.1 Å². The summed E-state index contributed by atoms with van der Waals surface area (Å²) in [6, 6.07) is 9.89. The van der Waals surface area contributed by atoms with Crippen molar-refractivity contribution < 1.29 is 4.79 Å². The molecule has 0 heterocycles. The number of amides is 2. The van der Waals surface area contributed by atoms with Crippen LogP contribution in [0.2, 0.25) is 0 Å². The summed E-state index contributed by atoms with van der Waals surface area (Å²) < 4.78 is 0. The summed E-state index contributed by atoms with van der Waals surface area (Å²) in [6.07, 6.45) is 6.54. The lowest BCUT2D eigenvalue weighted by Gasteiger charge is -2.30. The van der Waals surface area contributed by atoms with Gasteiger partial charge in [-0.2, -0.15) is 0 Å². The number of carbonyl (C=O) groups is 1. The second-order valence-corrected chi connectivity index (χ2v) is 5.56. The summed E-state index contributed by atoms with van der Waals surface area (Å²) in [5.74, 6) is 0.687. The van der Waals surface area contributed by atoms with Crippen LogP contribution in [0.25, 0.3) is 0 Å². The minimum absolute atomic E-state index is 0.0803. The van der Waals surface area contributed by atoms with Gasteiger partial charge in [-0.05, 0) is 30.9 Å². The smallest absolute Gasteiger partial charge is 0.323 e. The quantitative estimate of drug-likeness (QED) is 0.811. The summed E-state index contributed by atoms with van der Waals surface area (Å²) in [5.41, 5.74) is 0.947. The van der Waals surface area contributed by atoms with Gasteiger partial charge in [-0.1, -0.05) is 37.5 Å². The summed E-state index contributed by atoms with van der Waals surface area (Å²) >= 11 is 0. The van der Waals surface area contributed by atoms with Gasteiger partial charge in [-0.15, -0.1) is 0 Å². The fourth-order valence-electron chi connectivity index (χ4n) is 2.85. The minimum atomic E-state index is 0.0803. The number of anilines is 1. The lowest BCUT2D eigenvalue weighted by atomic mass is 9.89. The first-order valence-corrected chi connectivity index (χ1v) is 7.22. The van der Waals surface area contributed by atoms with Crippen LogP contribution >= 0.6 is 0 Å². The molecule has 1 saturated carbocycles. The van der Waals surface area contributed by atoms with Gasteiger partial charge >= 0.3 is 6.03 Å². The molecule has 0 radical (unpaired) electrons. The number of hydrogen-bond acceptors (Lipinski definition) is 1. The van der Waals surface area contributed by atoms with Crippen LogP contribution in [0.3, 0.4) is 0 Å². The van der Waals surface area contributed by atoms with Gasteiger partial charge in [-0.3, -0.25) is 4.90 Å². The maximum absolute atomic E-state index is 12.4. The zero-order chi connectivity index (χ0) is 13.7. The molecule has 2 amide bonds. The van der Waals surface area contributed by atoms with Gasteiger partial charge in [0.05, 0.1) is 0 Å². The highest BCUT2D eigenvalue weighted by Gasteiger charge is 2.20. The molecule has 0 spiro atoms. The van der Waals surface area contributed by atoms with Crippen molar-refractivity contribution in [2.24, 2.45) is 5.92 Å². The average Bonchev–Trinajstić information content (AvgIpc) is 2.47. The Morgan fingerprint density at radius 3 is 2.37 bits per heavy atom. The van der Waals surface area contributed by atoms with Gasteiger partial charge in [0.15, 0.2) is 0 Å². The Kier molecular flexibility index (Phi) is 4.83. The van der Waals surface area contributed by atoms with Crippen molar-refractivity contribution >= 4 is 11.7 Å². The molecular weight excluding hydrogens is 236 g/mol. The third-order valence-electron chi connectivity index (χ3n) is 4.01. The zero-order valence-corrected chi connectivity index (χ0v) is 12.0. The van der Waals surface area contributed by atoms with E-state index in [1.807, 2.05) is 49.3 Å². The summed E-state index contributed by atoms with van der Waals surface area (Å²) in [4.78, 5) is 16.0. The number of nitrogens with zero attached hydrogens (tertiary/aromatic N) is 2. The van der Waals surface area contributed by atoms with Crippen LogP contribution in [-0.2, 0) is 0 Å². The molecule has 3 nitrogen and oxygen atoms in total. The van der Waals surface area contributed by atoms with Crippen molar-refractivity contribution in [3.63, 3.8) is 0 Å². The molecule has 2 rings (SSSR count). The predicted octanol–water partition coefficient (Wildman–Crippen LogP) is 3.75. The van der Waals surface area contributed by atoms with Crippen LogP contribution in [0.15, 0.2) is 30.3 Å². The second kappa shape index (κ2) is 6.60. The molecule has 104 valence electrons. The topological polar surface area (TPSA) is 23.6 Å². The van der Waals surface area contributed by atoms with Crippen molar-refractivity contribution in [1.82, 2.24) is 4.90 Å². The molecule has 1 fully saturated rings. The first-order chi connectivity index (χ1) is 9.18. The fourth-order valence-corrected chi connectivity index (χ4v) is 2.85. The van der Waals surface area contributed by atoms with Crippen LogP contribution in [0.4, 0.5) is 10.5 Å². The van der Waals surface area contributed by atoms with Gasteiger partial charge in [0.2, 0.25) is 0 Å². The molecule has 1 aliphatic rings. The van der Waals surface area contributed by atoms with Crippen molar-refractivity contribution in [2.75, 3.05) is 25.5 Å². The van der Waals surface area contributed by atoms with Crippen molar-refractivity contribution in [1.29, 1.82) is 0 Å². The van der Waals surface area contributed by atoms with Crippen LogP contribution in [0, 0.1) is 5.92 Å². The van der Waals surface area contributed by atoms with Crippen molar-refractivity contribution in [3.8, 4) is 0 Å². The molecule has 0 N–H and O–H groups in total. The summed E-state index contributed by atoms with van der Waals surface area (Å²) in [7, 11) is 3.76. The highest BCUT2D eigenvalue weighted by Crippen LogP contribution is 2.24. The van der Waals surface area contributed by atoms with Crippen LogP contribution in [0.1, 0.15) is 32.1 Å². The van der Waals surface area contributed by atoms with Gasteiger partial charge in [0, 0.05) is 26.3 Å². The SMILES string of the molecule is CN(CC1CCCCC1)C(=O)N(C)c1ccccc1. The summed E-state index contributed by atoms with van der Waals surface area (Å²) in [5, 5.41) is 0. The van der Waals surface area contributed by atoms with E-state index in [9.17, 15) is 4.79 Å². The molecule has 0 aliphatic heterocycles. The van der Waals surface area contributed by atoms with E-state index < -0.39 is 0 Å². The van der Waals surface area contributed by atoms with Crippen LogP contribution in [0.5, 0.6) is 0 Å². The van der Waals surface area contributed by atoms with E-state index in [1.165, 1.54) is 32.1 Å². The Labute approximate surface area is 116 Å². The van der Waals surface area contributed by atoms with Crippen molar-refractivity contribution in [3.05, 3.63) is 30.3 Å². The highest BCUT2D eigenvalue weighted by molar-refractivity contribution is 5.91. The van der Waals surface area contributed by atoms with E-state index in [4.69, 9.17) is 0 Å². The van der Waals surface area contributed by atoms with E-state index in [-0.39, 0.29) is 6.03 Å². The standard InChI is InChI=1S/C16H24N2O/c1-17(13-14-9-5-3-6-10-14)16(19)18(2)15-11-7-4-8-12-15/h4,7-8,11-12,14H,3,5-6,9-10,13H2,1-2H3. The third kappa shape index (κ3) is 3.72. The molecular formula is C16H24N2O. The molecule has 1 aliphatic carbocycles. The second-order valence-electron chi connectivity index (χ2n) is 5.56. The van der Waals surface area contributed by atoms with Gasteiger partial charge < -0.3 is 4.90 Å². The first kappa shape index (κ1) is 13.9. The van der Waals surface area contributed by atoms with Crippen LogP contribution < -0.4 is 4.90 Å². The maximum atomic E-state index is 12.4. The monoisotopic (exact) mass is 260 g/mol. The van der Waals surface area contributed by atoms with E-state index in [0.29, 0.717) is 5.92 Å². The number of benzene rings is 1. The lowest BCUT2D eigenvalue weighted by molar-refractivity contribution is 0.199. The van der Waals surface area contributed by atoms with Gasteiger partial charge in [0.25, 0.3) is 0 Å². The molecule has 1 aromatic carbocycles. The number of carbonyl (C=O) groups excluding carboxylic acids is 1. The van der Waals surface area contributed by atoms with Gasteiger partial charge in [0.1, 0.15) is 0 Å². The van der Waals surface area contributed by atoms with E-state index >= 15 is 0 Å². The normalized spacial score (nSPS) is 16.1. The highest BCUT2D eigenvalue weighted by atomic mass is 16.2. The lowest BCUT2D eigenvalue weighted by Crippen LogP contribution is -2.41. The molecule has 0 bridgehead atoms. The molecule has 0 atom stereocenters. The Hall–Kier alpha value is -1.51. The Bertz CT molecular complexity index is 398. The molecule has 3 heteroatoms. The Morgan fingerprint density at radius 2 is 1.74 bits per heavy atom. The van der Waals surface area contributed by atoms with Gasteiger partial charge in [-0.25, -0.2) is 4.79 Å². The van der Waals surface area contributed by atoms with Crippen LogP contribution in [-0.4, -0.2) is 31.6 Å². The molecule has 0 unspecified atom stereocenters. The Balaban J connectivity index is 1.91. The Morgan fingerprint density at radius 1 is 1.11 bits per heavy atom.